The molecule has 0 radical (unpaired) electrons. The van der Waals surface area contributed by atoms with Gasteiger partial charge in [-0.3, -0.25) is 0 Å². The summed E-state index contributed by atoms with van der Waals surface area (Å²) in [5, 5.41) is 2.21. The Morgan fingerprint density at radius 1 is 1.07 bits per heavy atom. The molecular formula is C23H25Cl2N3S. The van der Waals surface area contributed by atoms with Crippen LogP contribution in [0.15, 0.2) is 24.3 Å². The molecule has 1 aromatic carbocycles. The summed E-state index contributed by atoms with van der Waals surface area (Å²) < 4.78 is 0. The highest BCUT2D eigenvalue weighted by molar-refractivity contribution is 7.19. The minimum Gasteiger partial charge on any atom is -0.352 e. The molecule has 3 nitrogen and oxygen atoms in total. The minimum atomic E-state index is 0.321. The molecule has 1 saturated carbocycles. The largest absolute Gasteiger partial charge is 0.352 e. The molecule has 3 aromatic rings. The number of rotatable bonds is 2. The van der Waals surface area contributed by atoms with E-state index < -0.39 is 0 Å². The Hall–Kier alpha value is -1.36. The van der Waals surface area contributed by atoms with E-state index in [1.54, 1.807) is 11.3 Å². The van der Waals surface area contributed by atoms with Gasteiger partial charge in [-0.05, 0) is 66.3 Å². The summed E-state index contributed by atoms with van der Waals surface area (Å²) in [5.74, 6) is 1.00. The second kappa shape index (κ2) is 6.57. The van der Waals surface area contributed by atoms with Crippen molar-refractivity contribution in [3.63, 3.8) is 0 Å². The topological polar surface area (TPSA) is 29.0 Å². The van der Waals surface area contributed by atoms with Crippen molar-refractivity contribution >= 4 is 50.6 Å². The van der Waals surface area contributed by atoms with Crippen molar-refractivity contribution < 1.29 is 0 Å². The van der Waals surface area contributed by atoms with Gasteiger partial charge < -0.3 is 4.90 Å². The average Bonchev–Trinajstić information content (AvgIpc) is 3.06. The highest BCUT2D eigenvalue weighted by Crippen LogP contribution is 2.55. The molecule has 1 aliphatic carbocycles. The van der Waals surface area contributed by atoms with Crippen molar-refractivity contribution in [3.8, 4) is 11.1 Å². The molecule has 0 spiro atoms. The molecule has 2 unspecified atom stereocenters. The first-order valence-electron chi connectivity index (χ1n) is 10.1. The summed E-state index contributed by atoms with van der Waals surface area (Å²) in [7, 11) is 0. The van der Waals surface area contributed by atoms with Crippen LogP contribution in [0.3, 0.4) is 0 Å². The lowest BCUT2D eigenvalue weighted by atomic mass is 9.65. The molecule has 5 rings (SSSR count). The monoisotopic (exact) mass is 445 g/mol. The molecule has 2 fully saturated rings. The highest BCUT2D eigenvalue weighted by Gasteiger charge is 2.50. The highest BCUT2D eigenvalue weighted by atomic mass is 35.5. The Morgan fingerprint density at radius 2 is 1.79 bits per heavy atom. The van der Waals surface area contributed by atoms with Gasteiger partial charge in [-0.2, -0.15) is 4.98 Å². The Kier molecular flexibility index (Phi) is 4.44. The van der Waals surface area contributed by atoms with E-state index in [4.69, 9.17) is 28.2 Å². The smallest absolute Gasteiger partial charge is 0.225 e. The summed E-state index contributed by atoms with van der Waals surface area (Å²) >= 11 is 14.2. The van der Waals surface area contributed by atoms with Crippen LogP contribution in [-0.4, -0.2) is 22.6 Å². The summed E-state index contributed by atoms with van der Waals surface area (Å²) in [5.41, 5.74) is 3.03. The number of aryl methyl sites for hydroxylation is 1. The van der Waals surface area contributed by atoms with Crippen molar-refractivity contribution in [1.82, 2.24) is 9.97 Å². The molecule has 2 aromatic heterocycles. The fourth-order valence-corrected chi connectivity index (χ4v) is 7.33. The fraction of sp³-hybridized carbons (Fsp3) is 0.478. The molecule has 29 heavy (non-hydrogen) atoms. The molecule has 3 heterocycles. The summed E-state index contributed by atoms with van der Waals surface area (Å²) in [6, 6.07) is 8.56. The SMILES string of the molecule is Cc1sc2nc(Cl)nc(N3CC4(C)CC3CC(C)(C)C4)c2c1-c1ccc(Cl)cc1. The number of benzene rings is 1. The third kappa shape index (κ3) is 3.34. The lowest BCUT2D eigenvalue weighted by Gasteiger charge is -2.39. The number of nitrogens with zero attached hydrogens (tertiary/aromatic N) is 3. The lowest BCUT2D eigenvalue weighted by Crippen LogP contribution is -2.35. The van der Waals surface area contributed by atoms with Crippen molar-refractivity contribution in [3.05, 3.63) is 39.4 Å². The van der Waals surface area contributed by atoms with Crippen molar-refractivity contribution in [1.29, 1.82) is 0 Å². The standard InChI is InChI=1S/C23H25Cl2N3S/c1-13-17(14-5-7-15(24)8-6-14)18-19(26-21(25)27-20(18)29-13)28-12-23(4)10-16(28)9-22(2,3)11-23/h5-8,16H,9-12H2,1-4H3. The van der Waals surface area contributed by atoms with Crippen molar-refractivity contribution in [2.45, 2.75) is 53.0 Å². The minimum absolute atomic E-state index is 0.321. The van der Waals surface area contributed by atoms with Gasteiger partial charge in [0.15, 0.2) is 0 Å². The van der Waals surface area contributed by atoms with Crippen LogP contribution < -0.4 is 4.90 Å². The van der Waals surface area contributed by atoms with Crippen LogP contribution >= 0.6 is 34.5 Å². The average molecular weight is 446 g/mol. The first-order chi connectivity index (χ1) is 13.6. The Morgan fingerprint density at radius 3 is 2.52 bits per heavy atom. The van der Waals surface area contributed by atoms with E-state index in [2.05, 4.69) is 49.7 Å². The number of thiophene rings is 1. The maximum Gasteiger partial charge on any atom is 0.225 e. The summed E-state index contributed by atoms with van der Waals surface area (Å²) in [6.07, 6.45) is 3.66. The summed E-state index contributed by atoms with van der Waals surface area (Å²) in [6.45, 7) is 10.4. The fourth-order valence-electron chi connectivity index (χ4n) is 5.95. The molecule has 1 saturated heterocycles. The number of aromatic nitrogens is 2. The van der Waals surface area contributed by atoms with Crippen LogP contribution in [0.5, 0.6) is 0 Å². The third-order valence-corrected chi connectivity index (χ3v) is 7.92. The molecular weight excluding hydrogens is 421 g/mol. The Bertz CT molecular complexity index is 1110. The maximum atomic E-state index is 6.40. The van der Waals surface area contributed by atoms with E-state index in [1.807, 2.05) is 12.1 Å². The van der Waals surface area contributed by atoms with Gasteiger partial charge in [0.05, 0.1) is 5.39 Å². The second-order valence-corrected chi connectivity index (χ2v) is 11.9. The van der Waals surface area contributed by atoms with Crippen molar-refractivity contribution in [2.75, 3.05) is 11.4 Å². The first kappa shape index (κ1) is 19.6. The number of fused-ring (bicyclic) bond motifs is 3. The van der Waals surface area contributed by atoms with E-state index in [0.717, 1.165) is 33.2 Å². The molecule has 2 aliphatic rings. The molecule has 2 bridgehead atoms. The van der Waals surface area contributed by atoms with Gasteiger partial charge in [0.2, 0.25) is 5.28 Å². The van der Waals surface area contributed by atoms with Crippen LogP contribution in [0, 0.1) is 17.8 Å². The predicted octanol–water partition coefficient (Wildman–Crippen LogP) is 7.38. The number of hydrogen-bond acceptors (Lipinski definition) is 4. The molecule has 2 atom stereocenters. The zero-order valence-electron chi connectivity index (χ0n) is 17.2. The van der Waals surface area contributed by atoms with Crippen LogP contribution in [-0.2, 0) is 0 Å². The third-order valence-electron chi connectivity index (χ3n) is 6.50. The lowest BCUT2D eigenvalue weighted by molar-refractivity contribution is 0.136. The summed E-state index contributed by atoms with van der Waals surface area (Å²) in [4.78, 5) is 14.1. The maximum absolute atomic E-state index is 6.40. The zero-order chi connectivity index (χ0) is 20.6. The Balaban J connectivity index is 1.71. The van der Waals surface area contributed by atoms with Gasteiger partial charge in [0.1, 0.15) is 10.6 Å². The zero-order valence-corrected chi connectivity index (χ0v) is 19.5. The van der Waals surface area contributed by atoms with Gasteiger partial charge in [-0.25, -0.2) is 4.98 Å². The number of hydrogen-bond donors (Lipinski definition) is 0. The molecule has 6 heteroatoms. The van der Waals surface area contributed by atoms with E-state index in [0.29, 0.717) is 22.2 Å². The van der Waals surface area contributed by atoms with Crippen LogP contribution in [0.25, 0.3) is 21.3 Å². The van der Waals surface area contributed by atoms with Gasteiger partial charge in [-0.1, -0.05) is 44.5 Å². The molecule has 0 N–H and O–H groups in total. The second-order valence-electron chi connectivity index (χ2n) is 9.88. The molecule has 0 amide bonds. The van der Waals surface area contributed by atoms with Gasteiger partial charge >= 0.3 is 0 Å². The predicted molar refractivity (Wildman–Crippen MR) is 124 cm³/mol. The normalized spacial score (nSPS) is 25.7. The van der Waals surface area contributed by atoms with Crippen LogP contribution in [0.4, 0.5) is 5.82 Å². The van der Waals surface area contributed by atoms with E-state index in [-0.39, 0.29) is 0 Å². The quantitative estimate of drug-likeness (QED) is 0.385. The van der Waals surface area contributed by atoms with Crippen LogP contribution in [0.2, 0.25) is 10.3 Å². The molecule has 1 aliphatic heterocycles. The first-order valence-corrected chi connectivity index (χ1v) is 11.7. The van der Waals surface area contributed by atoms with Gasteiger partial charge in [0, 0.05) is 28.0 Å². The van der Waals surface area contributed by atoms with E-state index >= 15 is 0 Å². The van der Waals surface area contributed by atoms with Crippen molar-refractivity contribution in [2.24, 2.45) is 10.8 Å². The van der Waals surface area contributed by atoms with Gasteiger partial charge in [0.25, 0.3) is 0 Å². The number of anilines is 1. The Labute approximate surface area is 186 Å². The van der Waals surface area contributed by atoms with E-state index in [9.17, 15) is 0 Å². The van der Waals surface area contributed by atoms with Gasteiger partial charge in [-0.15, -0.1) is 11.3 Å². The number of halogens is 2. The van der Waals surface area contributed by atoms with Crippen LogP contribution in [0.1, 0.15) is 44.9 Å². The molecule has 152 valence electrons. The van der Waals surface area contributed by atoms with E-state index in [1.165, 1.54) is 29.7 Å².